The van der Waals surface area contributed by atoms with Crippen LogP contribution in [0.5, 0.6) is 0 Å². The summed E-state index contributed by atoms with van der Waals surface area (Å²) in [5.41, 5.74) is 0. The van der Waals surface area contributed by atoms with Crippen molar-refractivity contribution in [1.29, 1.82) is 0 Å². The van der Waals surface area contributed by atoms with Crippen LogP contribution in [-0.2, 0) is 6.42 Å². The molecule has 1 aliphatic rings. The molecule has 4 heteroatoms. The lowest BCUT2D eigenvalue weighted by molar-refractivity contribution is 0.556. The molecule has 0 spiro atoms. The van der Waals surface area contributed by atoms with E-state index in [4.69, 9.17) is 0 Å². The molecule has 1 heterocycles. The highest BCUT2D eigenvalue weighted by Gasteiger charge is 2.23. The van der Waals surface area contributed by atoms with Gasteiger partial charge in [-0.3, -0.25) is 0 Å². The Bertz CT molecular complexity index is 297. The van der Waals surface area contributed by atoms with E-state index in [9.17, 15) is 0 Å². The molecule has 2 atom stereocenters. The van der Waals surface area contributed by atoms with Gasteiger partial charge in [0, 0.05) is 24.0 Å². The Balaban J connectivity index is 1.96. The number of nitrogens with one attached hydrogen (secondary N) is 1. The highest BCUT2D eigenvalue weighted by Crippen LogP contribution is 2.28. The molecule has 0 aliphatic heterocycles. The molecule has 2 unspecified atom stereocenters. The first kappa shape index (κ1) is 9.90. The SMILES string of the molecule is CCc1nsc(NC2CCCC2C)n1. The van der Waals surface area contributed by atoms with Gasteiger partial charge in [-0.15, -0.1) is 0 Å². The van der Waals surface area contributed by atoms with Crippen LogP contribution in [0.1, 0.15) is 38.9 Å². The number of hydrogen-bond acceptors (Lipinski definition) is 4. The number of nitrogens with zero attached hydrogens (tertiary/aromatic N) is 2. The highest BCUT2D eigenvalue weighted by molar-refractivity contribution is 7.09. The lowest BCUT2D eigenvalue weighted by Crippen LogP contribution is -2.21. The molecule has 0 bridgehead atoms. The van der Waals surface area contributed by atoms with E-state index in [1.54, 1.807) is 0 Å². The fourth-order valence-corrected chi connectivity index (χ4v) is 2.69. The largest absolute Gasteiger partial charge is 0.357 e. The molecule has 1 saturated carbocycles. The van der Waals surface area contributed by atoms with Gasteiger partial charge in [0.05, 0.1) is 0 Å². The third kappa shape index (κ3) is 2.05. The lowest BCUT2D eigenvalue weighted by atomic mass is 10.1. The van der Waals surface area contributed by atoms with Crippen molar-refractivity contribution in [3.63, 3.8) is 0 Å². The average Bonchev–Trinajstić information content (AvgIpc) is 2.77. The molecule has 1 N–H and O–H groups in total. The van der Waals surface area contributed by atoms with Gasteiger partial charge in [0.15, 0.2) is 0 Å². The number of aromatic nitrogens is 2. The van der Waals surface area contributed by atoms with Crippen molar-refractivity contribution in [3.8, 4) is 0 Å². The number of aryl methyl sites for hydroxylation is 1. The number of hydrogen-bond donors (Lipinski definition) is 1. The van der Waals surface area contributed by atoms with E-state index in [1.807, 2.05) is 0 Å². The van der Waals surface area contributed by atoms with Crippen molar-refractivity contribution >= 4 is 16.7 Å². The quantitative estimate of drug-likeness (QED) is 0.835. The van der Waals surface area contributed by atoms with Gasteiger partial charge in [-0.05, 0) is 18.8 Å². The first-order valence-electron chi connectivity index (χ1n) is 5.38. The number of anilines is 1. The van der Waals surface area contributed by atoms with E-state index in [2.05, 4.69) is 28.5 Å². The Morgan fingerprint density at radius 3 is 2.93 bits per heavy atom. The van der Waals surface area contributed by atoms with Crippen LogP contribution in [0.4, 0.5) is 5.13 Å². The van der Waals surface area contributed by atoms with Crippen LogP contribution in [-0.4, -0.2) is 15.4 Å². The summed E-state index contributed by atoms with van der Waals surface area (Å²) in [5.74, 6) is 1.74. The summed E-state index contributed by atoms with van der Waals surface area (Å²) in [5, 5.41) is 4.49. The van der Waals surface area contributed by atoms with E-state index in [0.29, 0.717) is 6.04 Å². The Morgan fingerprint density at radius 2 is 2.36 bits per heavy atom. The van der Waals surface area contributed by atoms with Crippen LogP contribution in [0.25, 0.3) is 0 Å². The molecule has 0 aromatic carbocycles. The fraction of sp³-hybridized carbons (Fsp3) is 0.800. The zero-order valence-corrected chi connectivity index (χ0v) is 9.60. The smallest absolute Gasteiger partial charge is 0.202 e. The minimum absolute atomic E-state index is 0.618. The lowest BCUT2D eigenvalue weighted by Gasteiger charge is -2.15. The van der Waals surface area contributed by atoms with Crippen LogP contribution >= 0.6 is 11.5 Å². The molecular weight excluding hydrogens is 194 g/mol. The molecule has 0 radical (unpaired) electrons. The van der Waals surface area contributed by atoms with Gasteiger partial charge in [0.2, 0.25) is 5.13 Å². The first-order valence-corrected chi connectivity index (χ1v) is 6.16. The summed E-state index contributed by atoms with van der Waals surface area (Å²) < 4.78 is 4.27. The molecule has 1 aromatic heterocycles. The molecular formula is C10H17N3S. The highest BCUT2D eigenvalue weighted by atomic mass is 32.1. The van der Waals surface area contributed by atoms with Crippen molar-refractivity contribution in [3.05, 3.63) is 5.82 Å². The molecule has 1 aromatic rings. The maximum atomic E-state index is 4.42. The van der Waals surface area contributed by atoms with E-state index in [1.165, 1.54) is 30.8 Å². The van der Waals surface area contributed by atoms with Crippen LogP contribution in [0, 0.1) is 5.92 Å². The van der Waals surface area contributed by atoms with Gasteiger partial charge in [-0.2, -0.15) is 4.37 Å². The van der Waals surface area contributed by atoms with Gasteiger partial charge >= 0.3 is 0 Å². The summed E-state index contributed by atoms with van der Waals surface area (Å²) in [6, 6.07) is 0.618. The van der Waals surface area contributed by atoms with Crippen LogP contribution < -0.4 is 5.32 Å². The predicted molar refractivity (Wildman–Crippen MR) is 59.7 cm³/mol. The van der Waals surface area contributed by atoms with Crippen molar-refractivity contribution in [2.75, 3.05) is 5.32 Å². The third-order valence-corrected chi connectivity index (χ3v) is 3.64. The summed E-state index contributed by atoms with van der Waals surface area (Å²) >= 11 is 1.49. The Hall–Kier alpha value is -0.640. The second-order valence-electron chi connectivity index (χ2n) is 4.03. The summed E-state index contributed by atoms with van der Waals surface area (Å²) in [7, 11) is 0. The minimum atomic E-state index is 0.618. The molecule has 14 heavy (non-hydrogen) atoms. The van der Waals surface area contributed by atoms with Gasteiger partial charge in [-0.25, -0.2) is 4.98 Å². The zero-order valence-electron chi connectivity index (χ0n) is 8.79. The van der Waals surface area contributed by atoms with Crippen molar-refractivity contribution in [2.45, 2.75) is 45.6 Å². The Morgan fingerprint density at radius 1 is 1.50 bits per heavy atom. The van der Waals surface area contributed by atoms with Crippen LogP contribution in [0.15, 0.2) is 0 Å². The summed E-state index contributed by atoms with van der Waals surface area (Å²) in [6.07, 6.45) is 4.90. The molecule has 1 fully saturated rings. The van der Waals surface area contributed by atoms with Gasteiger partial charge in [0.1, 0.15) is 5.82 Å². The number of rotatable bonds is 3. The van der Waals surface area contributed by atoms with Gasteiger partial charge in [0.25, 0.3) is 0 Å². The normalized spacial score (nSPS) is 26.7. The van der Waals surface area contributed by atoms with Gasteiger partial charge in [-0.1, -0.05) is 20.3 Å². The second kappa shape index (κ2) is 4.26. The van der Waals surface area contributed by atoms with E-state index in [-0.39, 0.29) is 0 Å². The van der Waals surface area contributed by atoms with Crippen molar-refractivity contribution in [2.24, 2.45) is 5.92 Å². The Kier molecular flexibility index (Phi) is 3.01. The van der Waals surface area contributed by atoms with Crippen molar-refractivity contribution in [1.82, 2.24) is 9.36 Å². The van der Waals surface area contributed by atoms with Crippen LogP contribution in [0.2, 0.25) is 0 Å². The minimum Gasteiger partial charge on any atom is -0.357 e. The summed E-state index contributed by atoms with van der Waals surface area (Å²) in [4.78, 5) is 4.42. The maximum absolute atomic E-state index is 4.42. The molecule has 78 valence electrons. The fourth-order valence-electron chi connectivity index (χ4n) is 1.97. The monoisotopic (exact) mass is 211 g/mol. The van der Waals surface area contributed by atoms with Gasteiger partial charge < -0.3 is 5.32 Å². The molecule has 1 aliphatic carbocycles. The van der Waals surface area contributed by atoms with E-state index in [0.717, 1.165) is 23.3 Å². The second-order valence-corrected chi connectivity index (χ2v) is 4.78. The Labute approximate surface area is 89.1 Å². The topological polar surface area (TPSA) is 37.8 Å². The standard InChI is InChI=1S/C10H17N3S/c1-3-9-12-10(14-13-9)11-8-6-4-5-7(8)2/h7-8H,3-6H2,1-2H3,(H,11,12,13). The molecule has 3 nitrogen and oxygen atoms in total. The summed E-state index contributed by atoms with van der Waals surface area (Å²) in [6.45, 7) is 4.40. The molecule has 0 saturated heterocycles. The first-order chi connectivity index (χ1) is 6.79. The zero-order chi connectivity index (χ0) is 9.97. The maximum Gasteiger partial charge on any atom is 0.202 e. The average molecular weight is 211 g/mol. The molecule has 0 amide bonds. The van der Waals surface area contributed by atoms with E-state index < -0.39 is 0 Å². The molecule has 2 rings (SSSR count). The predicted octanol–water partition coefficient (Wildman–Crippen LogP) is 2.70. The van der Waals surface area contributed by atoms with Crippen molar-refractivity contribution < 1.29 is 0 Å². The van der Waals surface area contributed by atoms with Crippen LogP contribution in [0.3, 0.4) is 0 Å². The van der Waals surface area contributed by atoms with E-state index >= 15 is 0 Å². The third-order valence-electron chi connectivity index (χ3n) is 2.95.